The maximum Gasteiger partial charge on any atom is 0.255 e. The Morgan fingerprint density at radius 1 is 0.968 bits per heavy atom. The summed E-state index contributed by atoms with van der Waals surface area (Å²) in [5, 5.41) is 12.0. The summed E-state index contributed by atoms with van der Waals surface area (Å²) in [6, 6.07) is 21.3. The molecule has 31 heavy (non-hydrogen) atoms. The van der Waals surface area contributed by atoms with E-state index in [2.05, 4.69) is 29.3 Å². The lowest BCUT2D eigenvalue weighted by Crippen LogP contribution is -2.36. The van der Waals surface area contributed by atoms with E-state index in [9.17, 15) is 4.79 Å². The molecule has 1 N–H and O–H groups in total. The maximum atomic E-state index is 12.9. The quantitative estimate of drug-likeness (QED) is 0.661. The molecule has 0 atom stereocenters. The highest BCUT2D eigenvalue weighted by Crippen LogP contribution is 2.27. The predicted octanol–water partition coefficient (Wildman–Crippen LogP) is 4.93. The molecule has 5 nitrogen and oxygen atoms in total. The third kappa shape index (κ3) is 4.60. The number of hydrogen-bond acceptors (Lipinski definition) is 4. The van der Waals surface area contributed by atoms with Crippen molar-refractivity contribution in [3.63, 3.8) is 0 Å². The third-order valence-corrected chi connectivity index (χ3v) is 5.63. The molecule has 4 rings (SSSR count). The largest absolute Gasteiger partial charge is 0.378 e. The van der Waals surface area contributed by atoms with Crippen molar-refractivity contribution in [2.75, 3.05) is 36.5 Å². The smallest absolute Gasteiger partial charge is 0.255 e. The minimum atomic E-state index is -0.145. The van der Waals surface area contributed by atoms with Gasteiger partial charge in [0.25, 0.3) is 5.91 Å². The Balaban J connectivity index is 1.53. The van der Waals surface area contributed by atoms with Crippen molar-refractivity contribution in [2.24, 2.45) is 0 Å². The van der Waals surface area contributed by atoms with Gasteiger partial charge in [0.15, 0.2) is 0 Å². The van der Waals surface area contributed by atoms with Gasteiger partial charge in [-0.1, -0.05) is 18.2 Å². The van der Waals surface area contributed by atoms with Crippen molar-refractivity contribution < 1.29 is 9.53 Å². The summed E-state index contributed by atoms with van der Waals surface area (Å²) in [5.74, 6) is -0.145. The van der Waals surface area contributed by atoms with Crippen molar-refractivity contribution >= 4 is 17.3 Å². The molecule has 0 radical (unpaired) electrons. The Hall–Kier alpha value is -3.62. The van der Waals surface area contributed by atoms with E-state index in [0.29, 0.717) is 11.1 Å². The number of amides is 1. The lowest BCUT2D eigenvalue weighted by molar-refractivity contribution is 0.102. The van der Waals surface area contributed by atoms with Crippen LogP contribution in [-0.2, 0) is 4.74 Å². The normalized spacial score (nSPS) is 13.5. The number of anilines is 2. The molecule has 156 valence electrons. The fourth-order valence-corrected chi connectivity index (χ4v) is 3.89. The van der Waals surface area contributed by atoms with Crippen molar-refractivity contribution in [3.8, 4) is 17.2 Å². The zero-order valence-corrected chi connectivity index (χ0v) is 17.8. The molecule has 3 aromatic rings. The van der Waals surface area contributed by atoms with Crippen LogP contribution in [0.3, 0.4) is 0 Å². The van der Waals surface area contributed by atoms with Crippen molar-refractivity contribution in [1.29, 1.82) is 5.26 Å². The van der Waals surface area contributed by atoms with Crippen LogP contribution in [0.2, 0.25) is 0 Å². The van der Waals surface area contributed by atoms with Gasteiger partial charge in [0.1, 0.15) is 0 Å². The van der Waals surface area contributed by atoms with E-state index < -0.39 is 0 Å². The van der Waals surface area contributed by atoms with E-state index in [4.69, 9.17) is 10.00 Å². The first-order valence-electron chi connectivity index (χ1n) is 10.4. The first-order chi connectivity index (χ1) is 15.0. The predicted molar refractivity (Wildman–Crippen MR) is 123 cm³/mol. The van der Waals surface area contributed by atoms with Crippen LogP contribution in [0, 0.1) is 25.2 Å². The molecule has 1 aliphatic rings. The number of carbonyl (C=O) groups excluding carboxylic acids is 1. The van der Waals surface area contributed by atoms with Gasteiger partial charge in [0.2, 0.25) is 0 Å². The number of rotatable bonds is 4. The molecule has 1 heterocycles. The van der Waals surface area contributed by atoms with Crippen LogP contribution in [0.1, 0.15) is 27.0 Å². The molecule has 1 saturated heterocycles. The molecule has 0 aromatic heterocycles. The van der Waals surface area contributed by atoms with Crippen molar-refractivity contribution in [2.45, 2.75) is 13.8 Å². The second kappa shape index (κ2) is 9.03. The van der Waals surface area contributed by atoms with E-state index >= 15 is 0 Å². The average Bonchev–Trinajstić information content (AvgIpc) is 2.80. The number of nitrogens with one attached hydrogen (secondary N) is 1. The van der Waals surface area contributed by atoms with Crippen LogP contribution in [0.4, 0.5) is 11.4 Å². The molecule has 0 aliphatic carbocycles. The second-order valence-electron chi connectivity index (χ2n) is 7.77. The Labute approximate surface area is 182 Å². The van der Waals surface area contributed by atoms with E-state index in [0.717, 1.165) is 54.2 Å². The first-order valence-corrected chi connectivity index (χ1v) is 10.4. The van der Waals surface area contributed by atoms with E-state index in [1.165, 1.54) is 5.69 Å². The Morgan fingerprint density at radius 2 is 1.71 bits per heavy atom. The average molecular weight is 412 g/mol. The molecule has 0 bridgehead atoms. The van der Waals surface area contributed by atoms with Crippen LogP contribution in [0.15, 0.2) is 60.7 Å². The minimum Gasteiger partial charge on any atom is -0.378 e. The van der Waals surface area contributed by atoms with Gasteiger partial charge in [0.05, 0.1) is 24.8 Å². The van der Waals surface area contributed by atoms with Crippen LogP contribution in [-0.4, -0.2) is 32.2 Å². The summed E-state index contributed by atoms with van der Waals surface area (Å²) in [6.07, 6.45) is 0. The zero-order chi connectivity index (χ0) is 21.8. The van der Waals surface area contributed by atoms with Gasteiger partial charge in [-0.2, -0.15) is 5.26 Å². The molecular formula is C26H25N3O2. The monoisotopic (exact) mass is 411 g/mol. The van der Waals surface area contributed by atoms with Gasteiger partial charge < -0.3 is 15.0 Å². The highest BCUT2D eigenvalue weighted by molar-refractivity contribution is 6.05. The van der Waals surface area contributed by atoms with Crippen LogP contribution < -0.4 is 10.2 Å². The first kappa shape index (κ1) is 20.6. The number of aryl methyl sites for hydroxylation is 2. The lowest BCUT2D eigenvalue weighted by Gasteiger charge is -2.30. The molecule has 0 unspecified atom stereocenters. The molecule has 0 saturated carbocycles. The number of ether oxygens (including phenoxy) is 1. The van der Waals surface area contributed by atoms with Gasteiger partial charge in [-0.05, 0) is 78.6 Å². The van der Waals surface area contributed by atoms with E-state index in [1.807, 2.05) is 49.4 Å². The molecule has 1 fully saturated rings. The number of morpholine rings is 1. The van der Waals surface area contributed by atoms with Gasteiger partial charge in [-0.15, -0.1) is 0 Å². The topological polar surface area (TPSA) is 65.4 Å². The second-order valence-corrected chi connectivity index (χ2v) is 7.77. The molecule has 3 aromatic carbocycles. The summed E-state index contributed by atoms with van der Waals surface area (Å²) in [5.41, 5.74) is 7.34. The minimum absolute atomic E-state index is 0.145. The van der Waals surface area contributed by atoms with Crippen LogP contribution >= 0.6 is 0 Å². The molecule has 5 heteroatoms. The number of nitriles is 1. The Morgan fingerprint density at radius 3 is 2.39 bits per heavy atom. The molecular weight excluding hydrogens is 386 g/mol. The fraction of sp³-hybridized carbons (Fsp3) is 0.231. The fourth-order valence-electron chi connectivity index (χ4n) is 3.89. The van der Waals surface area contributed by atoms with Crippen LogP contribution in [0.25, 0.3) is 11.1 Å². The van der Waals surface area contributed by atoms with Gasteiger partial charge >= 0.3 is 0 Å². The summed E-state index contributed by atoms with van der Waals surface area (Å²) < 4.78 is 5.43. The Kier molecular flexibility index (Phi) is 6.01. The number of benzene rings is 3. The van der Waals surface area contributed by atoms with Gasteiger partial charge in [-0.3, -0.25) is 4.79 Å². The number of nitrogens with zero attached hydrogens (tertiary/aromatic N) is 2. The van der Waals surface area contributed by atoms with E-state index in [1.54, 1.807) is 12.1 Å². The molecule has 1 amide bonds. The van der Waals surface area contributed by atoms with Crippen LogP contribution in [0.5, 0.6) is 0 Å². The summed E-state index contributed by atoms with van der Waals surface area (Å²) in [4.78, 5) is 15.2. The molecule has 1 aliphatic heterocycles. The number of hydrogen-bond donors (Lipinski definition) is 1. The summed E-state index contributed by atoms with van der Waals surface area (Å²) >= 11 is 0. The maximum absolute atomic E-state index is 12.9. The van der Waals surface area contributed by atoms with Gasteiger partial charge in [-0.25, -0.2) is 0 Å². The number of carbonyl (C=O) groups is 1. The van der Waals surface area contributed by atoms with Crippen molar-refractivity contribution in [3.05, 3.63) is 82.9 Å². The van der Waals surface area contributed by atoms with Gasteiger partial charge in [0, 0.05) is 30.0 Å². The highest BCUT2D eigenvalue weighted by Gasteiger charge is 2.15. The zero-order valence-electron chi connectivity index (χ0n) is 17.8. The Bertz CT molecular complexity index is 1140. The lowest BCUT2D eigenvalue weighted by atomic mass is 9.97. The summed E-state index contributed by atoms with van der Waals surface area (Å²) in [7, 11) is 0. The summed E-state index contributed by atoms with van der Waals surface area (Å²) in [6.45, 7) is 7.33. The molecule has 0 spiro atoms. The third-order valence-electron chi connectivity index (χ3n) is 5.63. The van der Waals surface area contributed by atoms with E-state index in [-0.39, 0.29) is 5.91 Å². The highest BCUT2D eigenvalue weighted by atomic mass is 16.5. The van der Waals surface area contributed by atoms with Crippen molar-refractivity contribution in [1.82, 2.24) is 0 Å². The SMILES string of the molecule is Cc1ccc(C(=O)Nc2ccc(N3CCOCC3)c(C)c2)cc1-c1ccc(C#N)cc1. The standard InChI is InChI=1S/C26H25N3O2/c1-18-3-6-22(16-24(18)21-7-4-20(17-27)5-8-21)26(30)28-23-9-10-25(19(2)15-23)29-11-13-31-14-12-29/h3-10,15-16H,11-14H2,1-2H3,(H,28,30).